The average Bonchev–Trinajstić information content (AvgIpc) is 2.26. The fourth-order valence-electron chi connectivity index (χ4n) is 1.74. The Morgan fingerprint density at radius 3 is 2.68 bits per heavy atom. The Hall–Kier alpha value is -2.20. The minimum absolute atomic E-state index is 0.0812. The van der Waals surface area contributed by atoms with Gasteiger partial charge in [0.2, 0.25) is 0 Å². The maximum absolute atomic E-state index is 11.4. The number of carbonyl (C=O) groups excluding carboxylic acids is 1. The van der Waals surface area contributed by atoms with Gasteiger partial charge in [-0.25, -0.2) is 0 Å². The van der Waals surface area contributed by atoms with Crippen LogP contribution >= 0.6 is 11.6 Å². The van der Waals surface area contributed by atoms with Crippen LogP contribution in [0.1, 0.15) is 15.9 Å². The first-order valence-electron chi connectivity index (χ1n) is 5.54. The van der Waals surface area contributed by atoms with E-state index >= 15 is 0 Å². The first-order valence-corrected chi connectivity index (χ1v) is 5.92. The molecule has 0 fully saturated rings. The molecule has 0 heterocycles. The molecule has 0 spiro atoms. The zero-order valence-electron chi connectivity index (χ0n) is 10.2. The highest BCUT2D eigenvalue weighted by Crippen LogP contribution is 2.32. The fraction of sp³-hybridized carbons (Fsp3) is 0.0714. The van der Waals surface area contributed by atoms with Crippen LogP contribution in [0.4, 0.5) is 0 Å². The summed E-state index contributed by atoms with van der Waals surface area (Å²) in [6.45, 7) is 1.82. The molecule has 4 nitrogen and oxygen atoms in total. The van der Waals surface area contributed by atoms with Crippen LogP contribution in [0.5, 0.6) is 17.2 Å². The summed E-state index contributed by atoms with van der Waals surface area (Å²) in [7, 11) is 0. The van der Waals surface area contributed by atoms with E-state index in [1.807, 2.05) is 6.92 Å². The monoisotopic (exact) mass is 277 g/mol. The molecule has 0 atom stereocenters. The third-order valence-electron chi connectivity index (χ3n) is 2.49. The van der Waals surface area contributed by atoms with Crippen LogP contribution in [0.2, 0.25) is 5.02 Å². The minimum Gasteiger partial charge on any atom is -0.508 e. The van der Waals surface area contributed by atoms with E-state index in [0.717, 1.165) is 5.56 Å². The van der Waals surface area contributed by atoms with Crippen LogP contribution in [0.25, 0.3) is 0 Å². The molecule has 0 aliphatic heterocycles. The molecule has 98 valence electrons. The maximum Gasteiger partial charge on any atom is 0.254 e. The molecule has 2 aromatic rings. The molecule has 3 N–H and O–H groups in total. The van der Waals surface area contributed by atoms with Gasteiger partial charge >= 0.3 is 0 Å². The lowest BCUT2D eigenvalue weighted by molar-refractivity contribution is 0.0998. The number of hydrogen-bond acceptors (Lipinski definition) is 3. The SMILES string of the molecule is Cc1cc(O)cc(Oc2cccc(Cl)c2C(N)=O)c1. The van der Waals surface area contributed by atoms with Gasteiger partial charge < -0.3 is 15.6 Å². The highest BCUT2D eigenvalue weighted by molar-refractivity contribution is 6.34. The lowest BCUT2D eigenvalue weighted by Crippen LogP contribution is -2.12. The highest BCUT2D eigenvalue weighted by Gasteiger charge is 2.14. The Balaban J connectivity index is 2.43. The normalized spacial score (nSPS) is 10.2. The van der Waals surface area contributed by atoms with Gasteiger partial charge in [0, 0.05) is 6.07 Å². The second-order valence-corrected chi connectivity index (χ2v) is 4.49. The number of halogens is 1. The summed E-state index contributed by atoms with van der Waals surface area (Å²) in [5.41, 5.74) is 6.22. The second kappa shape index (κ2) is 5.20. The van der Waals surface area contributed by atoms with Gasteiger partial charge in [0.05, 0.1) is 5.02 Å². The van der Waals surface area contributed by atoms with Gasteiger partial charge in [0.15, 0.2) is 0 Å². The van der Waals surface area contributed by atoms with Crippen LogP contribution in [0.3, 0.4) is 0 Å². The average molecular weight is 278 g/mol. The van der Waals surface area contributed by atoms with Crippen LogP contribution < -0.4 is 10.5 Å². The summed E-state index contributed by atoms with van der Waals surface area (Å²) in [6, 6.07) is 9.57. The zero-order chi connectivity index (χ0) is 14.0. The van der Waals surface area contributed by atoms with Crippen molar-refractivity contribution in [1.82, 2.24) is 0 Å². The van der Waals surface area contributed by atoms with Crippen molar-refractivity contribution in [3.63, 3.8) is 0 Å². The Kier molecular flexibility index (Phi) is 3.62. The molecule has 0 aliphatic carbocycles. The molecule has 2 rings (SSSR count). The number of phenols is 1. The third kappa shape index (κ3) is 2.98. The van der Waals surface area contributed by atoms with E-state index in [1.165, 1.54) is 6.07 Å². The molecular formula is C14H12ClNO3. The molecule has 0 saturated heterocycles. The van der Waals surface area contributed by atoms with E-state index in [1.54, 1.807) is 30.3 Å². The van der Waals surface area contributed by atoms with E-state index in [4.69, 9.17) is 22.1 Å². The number of ether oxygens (including phenoxy) is 1. The molecular weight excluding hydrogens is 266 g/mol. The number of nitrogens with two attached hydrogens (primary N) is 1. The fourth-order valence-corrected chi connectivity index (χ4v) is 2.00. The number of carbonyl (C=O) groups is 1. The van der Waals surface area contributed by atoms with Crippen molar-refractivity contribution in [3.8, 4) is 17.2 Å². The lowest BCUT2D eigenvalue weighted by atomic mass is 10.2. The summed E-state index contributed by atoms with van der Waals surface area (Å²) in [5.74, 6) is 0.0717. The van der Waals surface area contributed by atoms with Crippen molar-refractivity contribution in [2.24, 2.45) is 5.73 Å². The largest absolute Gasteiger partial charge is 0.508 e. The number of phenolic OH excluding ortho intramolecular Hbond substituents is 1. The number of benzene rings is 2. The predicted octanol–water partition coefficient (Wildman–Crippen LogP) is 3.25. The molecule has 0 radical (unpaired) electrons. The van der Waals surface area contributed by atoms with E-state index in [0.29, 0.717) is 5.75 Å². The van der Waals surface area contributed by atoms with E-state index in [-0.39, 0.29) is 22.1 Å². The number of aryl methyl sites for hydroxylation is 1. The summed E-state index contributed by atoms with van der Waals surface area (Å²) >= 11 is 5.92. The summed E-state index contributed by atoms with van der Waals surface area (Å²) in [5, 5.41) is 9.73. The van der Waals surface area contributed by atoms with E-state index < -0.39 is 5.91 Å². The topological polar surface area (TPSA) is 72.6 Å². The highest BCUT2D eigenvalue weighted by atomic mass is 35.5. The molecule has 0 aromatic heterocycles. The number of primary amides is 1. The van der Waals surface area contributed by atoms with Gasteiger partial charge in [-0.1, -0.05) is 17.7 Å². The first kappa shape index (κ1) is 13.2. The van der Waals surface area contributed by atoms with Crippen LogP contribution in [0.15, 0.2) is 36.4 Å². The van der Waals surface area contributed by atoms with Gasteiger partial charge in [-0.3, -0.25) is 4.79 Å². The molecule has 0 aliphatic rings. The predicted molar refractivity (Wildman–Crippen MR) is 72.9 cm³/mol. The number of rotatable bonds is 3. The van der Waals surface area contributed by atoms with Crippen LogP contribution in [-0.4, -0.2) is 11.0 Å². The summed E-state index contributed by atoms with van der Waals surface area (Å²) in [6.07, 6.45) is 0. The van der Waals surface area contributed by atoms with Gasteiger partial charge in [-0.15, -0.1) is 0 Å². The number of aromatic hydroxyl groups is 1. The van der Waals surface area contributed by atoms with Gasteiger partial charge in [0.25, 0.3) is 5.91 Å². The molecule has 0 bridgehead atoms. The van der Waals surface area contributed by atoms with Crippen LogP contribution in [-0.2, 0) is 0 Å². The van der Waals surface area contributed by atoms with Crippen molar-refractivity contribution in [1.29, 1.82) is 0 Å². The third-order valence-corrected chi connectivity index (χ3v) is 2.80. The second-order valence-electron chi connectivity index (χ2n) is 4.08. The van der Waals surface area contributed by atoms with Crippen molar-refractivity contribution >= 4 is 17.5 Å². The molecule has 1 amide bonds. The van der Waals surface area contributed by atoms with E-state index in [9.17, 15) is 9.90 Å². The van der Waals surface area contributed by atoms with E-state index in [2.05, 4.69) is 0 Å². The minimum atomic E-state index is -0.669. The number of hydrogen-bond donors (Lipinski definition) is 2. The van der Waals surface area contributed by atoms with Crippen molar-refractivity contribution in [2.45, 2.75) is 6.92 Å². The zero-order valence-corrected chi connectivity index (χ0v) is 10.9. The van der Waals surface area contributed by atoms with Gasteiger partial charge in [-0.2, -0.15) is 0 Å². The quantitative estimate of drug-likeness (QED) is 0.904. The Labute approximate surface area is 115 Å². The van der Waals surface area contributed by atoms with Crippen molar-refractivity contribution in [2.75, 3.05) is 0 Å². The summed E-state index contributed by atoms with van der Waals surface area (Å²) in [4.78, 5) is 11.4. The molecule has 5 heteroatoms. The maximum atomic E-state index is 11.4. The van der Waals surface area contributed by atoms with Gasteiger partial charge in [0.1, 0.15) is 22.8 Å². The van der Waals surface area contributed by atoms with Gasteiger partial charge in [-0.05, 0) is 36.8 Å². The molecule has 19 heavy (non-hydrogen) atoms. The molecule has 0 unspecified atom stereocenters. The first-order chi connectivity index (χ1) is 8.97. The molecule has 0 saturated carbocycles. The van der Waals surface area contributed by atoms with Crippen molar-refractivity contribution < 1.29 is 14.6 Å². The summed E-state index contributed by atoms with van der Waals surface area (Å²) < 4.78 is 5.57. The smallest absolute Gasteiger partial charge is 0.254 e. The number of amides is 1. The lowest BCUT2D eigenvalue weighted by Gasteiger charge is -2.11. The Bertz CT molecular complexity index is 620. The Morgan fingerprint density at radius 2 is 2.05 bits per heavy atom. The standard InChI is InChI=1S/C14H12ClNO3/c1-8-5-9(17)7-10(6-8)19-12-4-2-3-11(15)13(12)14(16)18/h2-7,17H,1H3,(H2,16,18). The Morgan fingerprint density at radius 1 is 1.32 bits per heavy atom. The molecule has 2 aromatic carbocycles. The van der Waals surface area contributed by atoms with Crippen LogP contribution in [0, 0.1) is 6.92 Å². The van der Waals surface area contributed by atoms with Crippen molar-refractivity contribution in [3.05, 3.63) is 52.5 Å².